The van der Waals surface area contributed by atoms with Gasteiger partial charge in [-0.05, 0) is 55.9 Å². The molecule has 1 saturated carbocycles. The molecule has 1 aliphatic carbocycles. The number of nitrogens with one attached hydrogen (secondary N) is 1. The lowest BCUT2D eigenvalue weighted by Crippen LogP contribution is -2.15. The molecule has 2 aromatic rings. The maximum absolute atomic E-state index is 12.4. The fourth-order valence-corrected chi connectivity index (χ4v) is 3.22. The van der Waals surface area contributed by atoms with Crippen LogP contribution in [-0.4, -0.2) is 27.8 Å². The van der Waals surface area contributed by atoms with Gasteiger partial charge in [0.25, 0.3) is 0 Å². The first-order valence-corrected chi connectivity index (χ1v) is 9.85. The van der Waals surface area contributed by atoms with E-state index in [0.29, 0.717) is 24.8 Å². The van der Waals surface area contributed by atoms with Gasteiger partial charge in [0.15, 0.2) is 0 Å². The van der Waals surface area contributed by atoms with Crippen molar-refractivity contribution >= 4 is 11.6 Å². The number of aryl methyl sites for hydroxylation is 3. The molecule has 1 aliphatic rings. The van der Waals surface area contributed by atoms with Crippen LogP contribution < -0.4 is 10.1 Å². The third-order valence-electron chi connectivity index (χ3n) is 4.98. The Morgan fingerprint density at radius 1 is 1.26 bits per heavy atom. The van der Waals surface area contributed by atoms with E-state index in [4.69, 9.17) is 4.74 Å². The van der Waals surface area contributed by atoms with Gasteiger partial charge in [0.05, 0.1) is 7.11 Å². The predicted molar refractivity (Wildman–Crippen MR) is 106 cm³/mol. The number of methoxy groups -OCH3 is 1. The molecule has 0 unspecified atom stereocenters. The number of carbonyl (C=O) groups is 1. The van der Waals surface area contributed by atoms with E-state index < -0.39 is 0 Å². The monoisotopic (exact) mass is 370 g/mol. The molecule has 0 spiro atoms. The highest BCUT2D eigenvalue weighted by Gasteiger charge is 2.29. The highest BCUT2D eigenvalue weighted by molar-refractivity contribution is 5.91. The number of nitrogens with zero attached hydrogens (tertiary/aromatic N) is 3. The van der Waals surface area contributed by atoms with Crippen molar-refractivity contribution in [1.82, 2.24) is 14.8 Å². The average molecular weight is 370 g/mol. The molecular weight excluding hydrogens is 340 g/mol. The van der Waals surface area contributed by atoms with Crippen LogP contribution in [0, 0.1) is 12.8 Å². The van der Waals surface area contributed by atoms with E-state index in [1.807, 2.05) is 25.1 Å². The molecule has 1 fully saturated rings. The SMILES string of the molecule is COc1ccc(NC(=O)CCc2nnc(CCC(C)C)n2C2CC2)c(C)c1. The molecule has 0 bridgehead atoms. The Balaban J connectivity index is 1.60. The van der Waals surface area contributed by atoms with Crippen molar-refractivity contribution in [3.8, 4) is 5.75 Å². The van der Waals surface area contributed by atoms with Gasteiger partial charge in [-0.1, -0.05) is 13.8 Å². The second-order valence-corrected chi connectivity index (χ2v) is 7.80. The molecule has 6 heteroatoms. The number of amides is 1. The smallest absolute Gasteiger partial charge is 0.224 e. The van der Waals surface area contributed by atoms with E-state index in [1.54, 1.807) is 7.11 Å². The summed E-state index contributed by atoms with van der Waals surface area (Å²) in [7, 11) is 1.64. The summed E-state index contributed by atoms with van der Waals surface area (Å²) in [6.45, 7) is 6.41. The Morgan fingerprint density at radius 3 is 2.56 bits per heavy atom. The van der Waals surface area contributed by atoms with Crippen molar-refractivity contribution < 1.29 is 9.53 Å². The lowest BCUT2D eigenvalue weighted by Gasteiger charge is -2.11. The van der Waals surface area contributed by atoms with Crippen molar-refractivity contribution in [2.45, 2.75) is 65.3 Å². The molecule has 27 heavy (non-hydrogen) atoms. The van der Waals surface area contributed by atoms with E-state index in [-0.39, 0.29) is 5.91 Å². The summed E-state index contributed by atoms with van der Waals surface area (Å²) in [5.74, 6) is 3.45. The Morgan fingerprint density at radius 2 is 1.96 bits per heavy atom. The summed E-state index contributed by atoms with van der Waals surface area (Å²) in [6, 6.07) is 6.18. The van der Waals surface area contributed by atoms with E-state index in [1.165, 1.54) is 12.8 Å². The van der Waals surface area contributed by atoms with Crippen LogP contribution in [0.4, 0.5) is 5.69 Å². The van der Waals surface area contributed by atoms with Crippen molar-refractivity contribution in [1.29, 1.82) is 0 Å². The Bertz CT molecular complexity index is 793. The Kier molecular flexibility index (Phi) is 6.14. The van der Waals surface area contributed by atoms with Crippen molar-refractivity contribution in [3.63, 3.8) is 0 Å². The lowest BCUT2D eigenvalue weighted by atomic mass is 10.1. The molecule has 1 aromatic heterocycles. The highest BCUT2D eigenvalue weighted by Crippen LogP contribution is 2.37. The van der Waals surface area contributed by atoms with Crippen LogP contribution >= 0.6 is 0 Å². The van der Waals surface area contributed by atoms with Crippen molar-refractivity contribution in [2.24, 2.45) is 5.92 Å². The van der Waals surface area contributed by atoms with E-state index in [2.05, 4.69) is 33.9 Å². The zero-order chi connectivity index (χ0) is 19.4. The fraction of sp³-hybridized carbons (Fsp3) is 0.571. The average Bonchev–Trinajstić information content (AvgIpc) is 3.40. The van der Waals surface area contributed by atoms with Gasteiger partial charge >= 0.3 is 0 Å². The number of anilines is 1. The van der Waals surface area contributed by atoms with Gasteiger partial charge in [-0.15, -0.1) is 10.2 Å². The summed E-state index contributed by atoms with van der Waals surface area (Å²) in [5, 5.41) is 11.8. The molecule has 1 N–H and O–H groups in total. The minimum Gasteiger partial charge on any atom is -0.497 e. The molecule has 0 aliphatic heterocycles. The molecule has 0 saturated heterocycles. The fourth-order valence-electron chi connectivity index (χ4n) is 3.22. The first-order valence-electron chi connectivity index (χ1n) is 9.85. The molecule has 1 heterocycles. The Labute approximate surface area is 161 Å². The maximum Gasteiger partial charge on any atom is 0.224 e. The van der Waals surface area contributed by atoms with E-state index in [9.17, 15) is 4.79 Å². The molecule has 6 nitrogen and oxygen atoms in total. The molecule has 146 valence electrons. The number of aromatic nitrogens is 3. The number of hydrogen-bond donors (Lipinski definition) is 1. The van der Waals surface area contributed by atoms with Gasteiger partial charge in [0.1, 0.15) is 17.4 Å². The van der Waals surface area contributed by atoms with Gasteiger partial charge in [-0.2, -0.15) is 0 Å². The molecule has 3 rings (SSSR count). The molecule has 1 aromatic carbocycles. The number of carbonyl (C=O) groups excluding carboxylic acids is 1. The maximum atomic E-state index is 12.4. The van der Waals surface area contributed by atoms with E-state index in [0.717, 1.165) is 41.5 Å². The van der Waals surface area contributed by atoms with Crippen LogP contribution in [0.5, 0.6) is 5.75 Å². The largest absolute Gasteiger partial charge is 0.497 e. The summed E-state index contributed by atoms with van der Waals surface area (Å²) >= 11 is 0. The zero-order valence-corrected chi connectivity index (χ0v) is 16.8. The van der Waals surface area contributed by atoms with Gasteiger partial charge in [-0.25, -0.2) is 0 Å². The molecular formula is C21H30N4O2. The van der Waals surface area contributed by atoms with Crippen LogP contribution in [0.15, 0.2) is 18.2 Å². The van der Waals surface area contributed by atoms with Crippen LogP contribution in [0.2, 0.25) is 0 Å². The number of benzene rings is 1. The van der Waals surface area contributed by atoms with E-state index >= 15 is 0 Å². The summed E-state index contributed by atoms with van der Waals surface area (Å²) in [4.78, 5) is 12.4. The lowest BCUT2D eigenvalue weighted by molar-refractivity contribution is -0.116. The highest BCUT2D eigenvalue weighted by atomic mass is 16.5. The topological polar surface area (TPSA) is 69.0 Å². The van der Waals surface area contributed by atoms with Crippen LogP contribution in [-0.2, 0) is 17.6 Å². The van der Waals surface area contributed by atoms with Crippen molar-refractivity contribution in [2.75, 3.05) is 12.4 Å². The second-order valence-electron chi connectivity index (χ2n) is 7.80. The van der Waals surface area contributed by atoms with Gasteiger partial charge in [0, 0.05) is 31.0 Å². The Hall–Kier alpha value is -2.37. The minimum absolute atomic E-state index is 0.00246. The molecule has 0 radical (unpaired) electrons. The number of hydrogen-bond acceptors (Lipinski definition) is 4. The first kappa shape index (κ1) is 19.4. The van der Waals surface area contributed by atoms with Gasteiger partial charge < -0.3 is 14.6 Å². The summed E-state index contributed by atoms with van der Waals surface area (Å²) in [6.07, 6.45) is 5.47. The minimum atomic E-state index is -0.00246. The standard InChI is InChI=1S/C21H30N4O2/c1-14(2)5-10-19-23-24-20(25(19)16-6-7-16)11-12-21(26)22-18-9-8-17(27-4)13-15(18)3/h8-9,13-14,16H,5-7,10-12H2,1-4H3,(H,22,26). The third-order valence-corrected chi connectivity index (χ3v) is 4.98. The van der Waals surface area contributed by atoms with Gasteiger partial charge in [0.2, 0.25) is 5.91 Å². The first-order chi connectivity index (χ1) is 13.0. The quantitative estimate of drug-likeness (QED) is 0.722. The van der Waals surface area contributed by atoms with Gasteiger partial charge in [-0.3, -0.25) is 4.79 Å². The summed E-state index contributed by atoms with van der Waals surface area (Å²) in [5.41, 5.74) is 1.81. The number of rotatable bonds is 9. The second kappa shape index (κ2) is 8.55. The van der Waals surface area contributed by atoms with Crippen LogP contribution in [0.1, 0.15) is 62.8 Å². The van der Waals surface area contributed by atoms with Crippen LogP contribution in [0.25, 0.3) is 0 Å². The number of ether oxygens (including phenoxy) is 1. The predicted octanol–water partition coefficient (Wildman–Crippen LogP) is 4.09. The molecule has 0 atom stereocenters. The third kappa shape index (κ3) is 5.08. The molecule has 1 amide bonds. The van der Waals surface area contributed by atoms with Crippen molar-refractivity contribution in [3.05, 3.63) is 35.4 Å². The summed E-state index contributed by atoms with van der Waals surface area (Å²) < 4.78 is 7.49. The van der Waals surface area contributed by atoms with Crippen LogP contribution in [0.3, 0.4) is 0 Å². The zero-order valence-electron chi connectivity index (χ0n) is 16.8. The normalized spacial score (nSPS) is 13.8.